The topological polar surface area (TPSA) is 354 Å². The number of benzene rings is 1. The number of carbonyl (C=O) groups is 1. The lowest BCUT2D eigenvalue weighted by Gasteiger charge is -2.58. The molecule has 4 aliphatic heterocycles. The number of hydrogen-bond donors (Lipinski definition) is 13. The van der Waals surface area contributed by atoms with Crippen LogP contribution in [0.3, 0.4) is 0 Å². The Bertz CT molecular complexity index is 2230. The van der Waals surface area contributed by atoms with Crippen molar-refractivity contribution in [2.45, 2.75) is 234 Å². The third kappa shape index (κ3) is 10.5. The fraction of sp³-hybridized carbons (Fsp3) is 0.833. The van der Waals surface area contributed by atoms with E-state index in [-0.39, 0.29) is 41.1 Å². The summed E-state index contributed by atoms with van der Waals surface area (Å²) in [4.78, 5) is 13.1. The molecule has 4 heterocycles. The molecule has 2 saturated carbocycles. The van der Waals surface area contributed by atoms with E-state index in [1.165, 1.54) is 19.4 Å². The number of carboxylic acid groups (broad SMARTS) is 1. The number of ether oxygens (including phenoxy) is 8. The summed E-state index contributed by atoms with van der Waals surface area (Å²) in [6, 6.07) is 1.83. The van der Waals surface area contributed by atoms with Gasteiger partial charge in [0.1, 0.15) is 85.5 Å². The summed E-state index contributed by atoms with van der Waals surface area (Å²) < 4.78 is 48.0. The van der Waals surface area contributed by atoms with Crippen LogP contribution in [-0.4, -0.2) is 221 Å². The van der Waals surface area contributed by atoms with E-state index in [0.717, 1.165) is 47.9 Å². The van der Waals surface area contributed by atoms with E-state index in [1.807, 2.05) is 13.0 Å². The molecule has 0 bridgehead atoms. The molecule has 22 heteroatoms. The third-order valence-corrected chi connectivity index (χ3v) is 19.1. The maximum Gasteiger partial charge on any atom is 0.335 e. The first-order valence-corrected chi connectivity index (χ1v) is 27.2. The number of aliphatic hydroxyl groups is 12. The minimum absolute atomic E-state index is 0.0623. The Hall–Kier alpha value is -2.37. The Morgan fingerprint density at radius 3 is 1.87 bits per heavy atom. The van der Waals surface area contributed by atoms with E-state index >= 15 is 0 Å². The van der Waals surface area contributed by atoms with Crippen LogP contribution in [0, 0.1) is 36.0 Å². The highest BCUT2D eigenvalue weighted by Gasteiger charge is 2.60. The second-order valence-corrected chi connectivity index (χ2v) is 23.7. The van der Waals surface area contributed by atoms with E-state index in [0.29, 0.717) is 37.7 Å². The molecule has 1 aromatic rings. The van der Waals surface area contributed by atoms with Gasteiger partial charge in [-0.3, -0.25) is 0 Å². The van der Waals surface area contributed by atoms with Crippen molar-refractivity contribution in [2.75, 3.05) is 19.8 Å². The molecule has 8 aliphatic rings. The van der Waals surface area contributed by atoms with Gasteiger partial charge in [0, 0.05) is 0 Å². The quantitative estimate of drug-likeness (QED) is 0.0932. The lowest BCUT2D eigenvalue weighted by molar-refractivity contribution is -0.388. The van der Waals surface area contributed by atoms with Crippen molar-refractivity contribution >= 4 is 5.97 Å². The minimum atomic E-state index is -1.77. The fourth-order valence-corrected chi connectivity index (χ4v) is 14.5. The Kier molecular flexibility index (Phi) is 17.5. The van der Waals surface area contributed by atoms with Gasteiger partial charge in [0.25, 0.3) is 0 Å². The maximum atomic E-state index is 13.1. The van der Waals surface area contributed by atoms with Crippen molar-refractivity contribution in [1.82, 2.24) is 0 Å². The first-order valence-electron chi connectivity index (χ1n) is 27.2. The van der Waals surface area contributed by atoms with Gasteiger partial charge in [0.15, 0.2) is 25.2 Å². The summed E-state index contributed by atoms with van der Waals surface area (Å²) in [7, 11) is 0. The van der Waals surface area contributed by atoms with Crippen LogP contribution in [0.25, 0.3) is 0 Å². The molecule has 9 rings (SSSR count). The highest BCUT2D eigenvalue weighted by molar-refractivity contribution is 5.91. The molecule has 0 radical (unpaired) electrons. The zero-order valence-corrected chi connectivity index (χ0v) is 44.1. The molecule has 0 unspecified atom stereocenters. The molecule has 13 N–H and O–H groups in total. The Morgan fingerprint density at radius 2 is 1.25 bits per heavy atom. The van der Waals surface area contributed by atoms with Crippen molar-refractivity contribution in [2.24, 2.45) is 29.1 Å². The van der Waals surface area contributed by atoms with Crippen LogP contribution in [0.15, 0.2) is 17.7 Å². The van der Waals surface area contributed by atoms with Crippen LogP contribution >= 0.6 is 0 Å². The van der Waals surface area contributed by atoms with Gasteiger partial charge in [-0.1, -0.05) is 32.4 Å². The molecule has 4 aliphatic carbocycles. The lowest BCUT2D eigenvalue weighted by Crippen LogP contribution is -2.66. The molecule has 22 nitrogen and oxygen atoms in total. The molecular weight excluding hydrogens is 1000 g/mol. The Balaban J connectivity index is 0.897. The van der Waals surface area contributed by atoms with Crippen molar-refractivity contribution in [3.8, 4) is 0 Å². The van der Waals surface area contributed by atoms with Gasteiger partial charge in [-0.05, 0) is 141 Å². The second kappa shape index (κ2) is 22.9. The first kappa shape index (κ1) is 58.3. The first-order chi connectivity index (χ1) is 35.9. The smallest absolute Gasteiger partial charge is 0.335 e. The SMILES string of the molecule is Cc1c(CC[C@@H](C)CO[C@@H]2O[C@H](CO)[C@@H](O)[C@H](O)[C@H]2O)cc(C(=O)O)c2c1[C@@]1(C)CC[C@H]3[C@@H](CC=C4C[C@@H](O[C@@H]5O[C@H](CO)[C@@H](O[C@@H]6O[C@@H](C)[C@H](O)[C@@H](O)[C@H]6O)[C@H](O)[C@H]5O[C@@H]5O[C@@H](C)[C@H](O)[C@@H](O)[C@H]5O)CC[C@@]43C)[C@@H]1C2. The number of fused-ring (bicyclic) bond motifs is 7. The summed E-state index contributed by atoms with van der Waals surface area (Å²) in [5.41, 5.74) is 5.12. The molecule has 4 saturated heterocycles. The van der Waals surface area contributed by atoms with Crippen LogP contribution in [0.4, 0.5) is 0 Å². The average molecular weight is 1080 g/mol. The van der Waals surface area contributed by atoms with Crippen molar-refractivity contribution in [1.29, 1.82) is 0 Å². The minimum Gasteiger partial charge on any atom is -0.478 e. The van der Waals surface area contributed by atoms with Gasteiger partial charge >= 0.3 is 5.97 Å². The van der Waals surface area contributed by atoms with Crippen LogP contribution in [0.2, 0.25) is 0 Å². The zero-order valence-electron chi connectivity index (χ0n) is 44.1. The number of rotatable bonds is 15. The number of carboxylic acids is 1. The van der Waals surface area contributed by atoms with Crippen LogP contribution in [0.5, 0.6) is 0 Å². The van der Waals surface area contributed by atoms with Crippen LogP contribution in [0.1, 0.15) is 112 Å². The maximum absolute atomic E-state index is 13.1. The molecule has 1 aromatic carbocycles. The Labute approximate surface area is 442 Å². The van der Waals surface area contributed by atoms with E-state index < -0.39 is 148 Å². The van der Waals surface area contributed by atoms with Gasteiger partial charge in [0.05, 0.1) is 43.7 Å². The predicted molar refractivity (Wildman–Crippen MR) is 262 cm³/mol. The summed E-state index contributed by atoms with van der Waals surface area (Å²) >= 11 is 0. The molecule has 27 atom stereocenters. The molecule has 430 valence electrons. The standard InChI is InChI=1S/C54H82O22/c1-21(20-69-49-42(63)41(62)38(59)33(18-55)73-49)7-8-25-15-30(48(67)68)29-17-32-28-10-9-26-16-27(11-13-53(26,5)31(28)12-14-54(32,6)35(29)22(25)2)72-52-47(76-51-44(65)40(61)37(58)24(4)71-51)45(66)46(34(19-56)74-52)75-50-43(64)39(60)36(57)23(3)70-50/h9,15,21,23-24,27-28,31-34,36-47,49-52,55-66H,7-8,10-14,16-20H2,1-6H3,(H,67,68)/t21-,23+,24+,27+,28-,31+,32+,33-,34-,36+,37+,38-,39-,40-,41+,42-,43-,44-,45+,46-,47-,49-,50+,51+,52-,53+,54+/m1/s1. The highest BCUT2D eigenvalue weighted by Crippen LogP contribution is 2.65. The largest absolute Gasteiger partial charge is 0.478 e. The fourth-order valence-electron chi connectivity index (χ4n) is 14.5. The molecule has 0 spiro atoms. The van der Waals surface area contributed by atoms with Crippen molar-refractivity contribution in [3.63, 3.8) is 0 Å². The van der Waals surface area contributed by atoms with E-state index in [1.54, 1.807) is 0 Å². The number of hydrogen-bond acceptors (Lipinski definition) is 21. The van der Waals surface area contributed by atoms with Crippen LogP contribution < -0.4 is 0 Å². The third-order valence-electron chi connectivity index (χ3n) is 19.1. The molecule has 6 fully saturated rings. The highest BCUT2D eigenvalue weighted by atomic mass is 16.8. The molecule has 0 aromatic heterocycles. The summed E-state index contributed by atoms with van der Waals surface area (Å²) in [5, 5.41) is 138. The van der Waals surface area contributed by atoms with E-state index in [4.69, 9.17) is 37.9 Å². The molecule has 0 amide bonds. The lowest BCUT2D eigenvalue weighted by atomic mass is 9.47. The summed E-state index contributed by atoms with van der Waals surface area (Å²) in [6.45, 7) is 10.5. The van der Waals surface area contributed by atoms with Gasteiger partial charge in [0.2, 0.25) is 0 Å². The van der Waals surface area contributed by atoms with Gasteiger partial charge in [-0.2, -0.15) is 0 Å². The monoisotopic (exact) mass is 1080 g/mol. The van der Waals surface area contributed by atoms with Crippen LogP contribution in [-0.2, 0) is 56.2 Å². The van der Waals surface area contributed by atoms with Gasteiger partial charge in [-0.25, -0.2) is 4.79 Å². The van der Waals surface area contributed by atoms with Crippen molar-refractivity contribution in [3.05, 3.63) is 45.5 Å². The predicted octanol–water partition coefficient (Wildman–Crippen LogP) is -1.06. The zero-order chi connectivity index (χ0) is 55.0. The van der Waals surface area contributed by atoms with E-state index in [9.17, 15) is 71.2 Å². The van der Waals surface area contributed by atoms with E-state index in [2.05, 4.69) is 26.8 Å². The number of aryl methyl sites for hydroxylation is 1. The second-order valence-electron chi connectivity index (χ2n) is 23.7. The van der Waals surface area contributed by atoms with Gasteiger partial charge < -0.3 is 104 Å². The molecule has 76 heavy (non-hydrogen) atoms. The Morgan fingerprint density at radius 1 is 0.671 bits per heavy atom. The number of aromatic carboxylic acids is 1. The molecular formula is C54H82O22. The van der Waals surface area contributed by atoms with Gasteiger partial charge in [-0.15, -0.1) is 0 Å². The summed E-state index contributed by atoms with van der Waals surface area (Å²) in [5.74, 6) is -0.308. The number of aliphatic hydroxyl groups excluding tert-OH is 12. The average Bonchev–Trinajstić information content (AvgIpc) is 3.74. The number of allylic oxidation sites excluding steroid dienone is 1. The normalized spacial score (nSPS) is 47.7. The summed E-state index contributed by atoms with van der Waals surface area (Å²) in [6.07, 6.45) is -21.2. The van der Waals surface area contributed by atoms with Crippen molar-refractivity contribution < 1.29 is 109 Å².